The van der Waals surface area contributed by atoms with Gasteiger partial charge >= 0.3 is 0 Å². The summed E-state index contributed by atoms with van der Waals surface area (Å²) in [6.07, 6.45) is 7.12. The summed E-state index contributed by atoms with van der Waals surface area (Å²) in [5.74, 6) is 0. The number of hydrogen-bond donors (Lipinski definition) is 0. The molecule has 1 aromatic carbocycles. The summed E-state index contributed by atoms with van der Waals surface area (Å²) >= 11 is 0. The van der Waals surface area contributed by atoms with Crippen LogP contribution >= 0.6 is 0 Å². The van der Waals surface area contributed by atoms with Crippen LogP contribution in [0.15, 0.2) is 30.3 Å². The quantitative estimate of drug-likeness (QED) is 0.515. The Morgan fingerprint density at radius 2 is 1.88 bits per heavy atom. The lowest BCUT2D eigenvalue weighted by atomic mass is 10.0. The number of benzene rings is 1. The maximum Gasteiger partial charge on any atom is 0.119 e. The fourth-order valence-corrected chi connectivity index (χ4v) is 1.82. The summed E-state index contributed by atoms with van der Waals surface area (Å²) in [6, 6.07) is 8.44. The van der Waals surface area contributed by atoms with Crippen molar-refractivity contribution in [3.05, 3.63) is 41.5 Å². The van der Waals surface area contributed by atoms with Gasteiger partial charge in [-0.25, -0.2) is 0 Å². The second-order valence-corrected chi connectivity index (χ2v) is 4.15. The van der Waals surface area contributed by atoms with Crippen molar-refractivity contribution < 1.29 is 4.79 Å². The largest absolute Gasteiger partial charge is 0.303 e. The van der Waals surface area contributed by atoms with Crippen LogP contribution in [-0.4, -0.2) is 6.29 Å². The van der Waals surface area contributed by atoms with Crippen molar-refractivity contribution in [1.82, 2.24) is 0 Å². The minimum Gasteiger partial charge on any atom is -0.303 e. The van der Waals surface area contributed by atoms with Crippen molar-refractivity contribution in [3.63, 3.8) is 0 Å². The molecule has 0 aromatic heterocycles. The summed E-state index contributed by atoms with van der Waals surface area (Å²) < 4.78 is 0. The van der Waals surface area contributed by atoms with Gasteiger partial charge in [0.1, 0.15) is 6.29 Å². The summed E-state index contributed by atoms with van der Waals surface area (Å²) in [6.45, 7) is 4.29. The average molecular weight is 216 g/mol. The Labute approximate surface area is 98.2 Å². The van der Waals surface area contributed by atoms with Gasteiger partial charge in [0.15, 0.2) is 0 Å². The first-order valence-corrected chi connectivity index (χ1v) is 5.92. The van der Waals surface area contributed by atoms with Crippen molar-refractivity contribution in [2.75, 3.05) is 0 Å². The number of aldehydes is 1. The first kappa shape index (κ1) is 12.7. The Hall–Kier alpha value is -1.37. The predicted molar refractivity (Wildman–Crippen MR) is 69.4 cm³/mol. The highest BCUT2D eigenvalue weighted by Crippen LogP contribution is 2.18. The van der Waals surface area contributed by atoms with Gasteiger partial charge in [-0.05, 0) is 49.8 Å². The van der Waals surface area contributed by atoms with Crippen molar-refractivity contribution in [3.8, 4) is 0 Å². The molecule has 0 radical (unpaired) electrons. The van der Waals surface area contributed by atoms with Gasteiger partial charge in [-0.1, -0.05) is 30.3 Å². The molecule has 0 aliphatic carbocycles. The molecule has 0 saturated heterocycles. The highest BCUT2D eigenvalue weighted by atomic mass is 16.1. The number of carbonyl (C=O) groups is 1. The molecule has 0 fully saturated rings. The molecule has 0 amide bonds. The van der Waals surface area contributed by atoms with E-state index in [4.69, 9.17) is 0 Å². The van der Waals surface area contributed by atoms with Gasteiger partial charge in [0.25, 0.3) is 0 Å². The molecule has 0 saturated carbocycles. The fraction of sp³-hybridized carbons (Fsp3) is 0.400. The Morgan fingerprint density at radius 1 is 1.19 bits per heavy atom. The van der Waals surface area contributed by atoms with Crippen LogP contribution in [0, 0.1) is 6.92 Å². The van der Waals surface area contributed by atoms with E-state index >= 15 is 0 Å². The lowest BCUT2D eigenvalue weighted by Gasteiger charge is -2.05. The molecule has 0 aliphatic heterocycles. The number of allylic oxidation sites excluding steroid dienone is 2. The third kappa shape index (κ3) is 4.01. The summed E-state index contributed by atoms with van der Waals surface area (Å²) in [7, 11) is 0. The smallest absolute Gasteiger partial charge is 0.119 e. The van der Waals surface area contributed by atoms with E-state index in [1.165, 1.54) is 16.7 Å². The van der Waals surface area contributed by atoms with E-state index in [0.29, 0.717) is 6.42 Å². The van der Waals surface area contributed by atoms with E-state index in [1.54, 1.807) is 0 Å². The molecule has 0 spiro atoms. The molecule has 16 heavy (non-hydrogen) atoms. The Balaban J connectivity index is 2.50. The van der Waals surface area contributed by atoms with Crippen molar-refractivity contribution >= 4 is 11.9 Å². The molecular formula is C15H20O. The summed E-state index contributed by atoms with van der Waals surface area (Å²) in [4.78, 5) is 10.2. The minimum atomic E-state index is 0.692. The van der Waals surface area contributed by atoms with Crippen molar-refractivity contribution in [2.24, 2.45) is 0 Å². The topological polar surface area (TPSA) is 17.1 Å². The molecule has 1 heteroatoms. The fourth-order valence-electron chi connectivity index (χ4n) is 1.82. The SMILES string of the molecule is C/C(=C/CCCCC=O)c1ccccc1C. The van der Waals surface area contributed by atoms with E-state index in [1.807, 2.05) is 0 Å². The van der Waals surface area contributed by atoms with Crippen LogP contribution in [0.3, 0.4) is 0 Å². The van der Waals surface area contributed by atoms with Crippen LogP contribution in [0.25, 0.3) is 5.57 Å². The van der Waals surface area contributed by atoms with E-state index in [2.05, 4.69) is 44.2 Å². The molecular weight excluding hydrogens is 196 g/mol. The molecule has 86 valence electrons. The molecule has 0 heterocycles. The molecule has 0 unspecified atom stereocenters. The third-order valence-corrected chi connectivity index (χ3v) is 2.80. The highest BCUT2D eigenvalue weighted by Gasteiger charge is 1.98. The number of aryl methyl sites for hydroxylation is 1. The number of carbonyl (C=O) groups excluding carboxylic acids is 1. The van der Waals surface area contributed by atoms with Crippen LogP contribution in [0.4, 0.5) is 0 Å². The summed E-state index contributed by atoms with van der Waals surface area (Å²) in [5.41, 5.74) is 3.99. The zero-order valence-electron chi connectivity index (χ0n) is 10.2. The number of unbranched alkanes of at least 4 members (excludes halogenated alkanes) is 3. The highest BCUT2D eigenvalue weighted by molar-refractivity contribution is 5.66. The van der Waals surface area contributed by atoms with Crippen LogP contribution < -0.4 is 0 Å². The minimum absolute atomic E-state index is 0.692. The molecule has 1 nitrogen and oxygen atoms in total. The van der Waals surface area contributed by atoms with Gasteiger partial charge in [0, 0.05) is 6.42 Å². The number of rotatable bonds is 6. The van der Waals surface area contributed by atoms with E-state index in [9.17, 15) is 4.79 Å². The van der Waals surface area contributed by atoms with Crippen LogP contribution in [-0.2, 0) is 4.79 Å². The predicted octanol–water partition coefficient (Wildman–Crippen LogP) is 4.16. The van der Waals surface area contributed by atoms with Gasteiger partial charge in [-0.2, -0.15) is 0 Å². The van der Waals surface area contributed by atoms with Crippen LogP contribution in [0.1, 0.15) is 43.7 Å². The monoisotopic (exact) mass is 216 g/mol. The third-order valence-electron chi connectivity index (χ3n) is 2.80. The molecule has 0 bridgehead atoms. The molecule has 0 atom stereocenters. The lowest BCUT2D eigenvalue weighted by molar-refractivity contribution is -0.107. The first-order chi connectivity index (χ1) is 7.75. The molecule has 0 aliphatic rings. The van der Waals surface area contributed by atoms with Gasteiger partial charge in [0.2, 0.25) is 0 Å². The Morgan fingerprint density at radius 3 is 2.56 bits per heavy atom. The van der Waals surface area contributed by atoms with Gasteiger partial charge in [-0.3, -0.25) is 0 Å². The zero-order valence-corrected chi connectivity index (χ0v) is 10.2. The molecule has 1 rings (SSSR count). The normalized spacial score (nSPS) is 11.5. The zero-order chi connectivity index (χ0) is 11.8. The Kier molecular flexibility index (Phi) is 5.55. The van der Waals surface area contributed by atoms with Crippen molar-refractivity contribution in [1.29, 1.82) is 0 Å². The molecule has 1 aromatic rings. The first-order valence-electron chi connectivity index (χ1n) is 5.92. The summed E-state index contributed by atoms with van der Waals surface area (Å²) in [5, 5.41) is 0. The molecule has 0 N–H and O–H groups in total. The second-order valence-electron chi connectivity index (χ2n) is 4.15. The van der Waals surface area contributed by atoms with Gasteiger partial charge in [-0.15, -0.1) is 0 Å². The van der Waals surface area contributed by atoms with E-state index in [-0.39, 0.29) is 0 Å². The maximum absolute atomic E-state index is 10.2. The maximum atomic E-state index is 10.2. The standard InChI is InChI=1S/C15H20O/c1-13(9-5-3-4-8-12-16)15-11-7-6-10-14(15)2/h6-7,9-12H,3-5,8H2,1-2H3/b13-9-. The average Bonchev–Trinajstić information content (AvgIpc) is 2.29. The van der Waals surface area contributed by atoms with Gasteiger partial charge < -0.3 is 4.79 Å². The van der Waals surface area contributed by atoms with Crippen LogP contribution in [0.5, 0.6) is 0 Å². The van der Waals surface area contributed by atoms with Crippen molar-refractivity contribution in [2.45, 2.75) is 39.5 Å². The van der Waals surface area contributed by atoms with E-state index in [0.717, 1.165) is 25.5 Å². The van der Waals surface area contributed by atoms with E-state index < -0.39 is 0 Å². The Bertz CT molecular complexity index is 363. The van der Waals surface area contributed by atoms with Gasteiger partial charge in [0.05, 0.1) is 0 Å². The van der Waals surface area contributed by atoms with Crippen LogP contribution in [0.2, 0.25) is 0 Å². The lowest BCUT2D eigenvalue weighted by Crippen LogP contribution is -1.85. The number of hydrogen-bond acceptors (Lipinski definition) is 1. The second kappa shape index (κ2) is 7.00.